The van der Waals surface area contributed by atoms with E-state index in [1.807, 2.05) is 18.2 Å². The number of anilines is 1. The van der Waals surface area contributed by atoms with Gasteiger partial charge in [-0.15, -0.1) is 0 Å². The topological polar surface area (TPSA) is 51.2 Å². The number of cyclic esters (lactones) is 1. The first-order valence-corrected chi connectivity index (χ1v) is 4.21. The Kier molecular flexibility index (Phi) is 2.12. The summed E-state index contributed by atoms with van der Waals surface area (Å²) in [4.78, 5) is 14.8. The first-order valence-electron chi connectivity index (χ1n) is 4.21. The van der Waals surface area contributed by atoms with E-state index in [-0.39, 0.29) is 12.2 Å². The van der Waals surface area contributed by atoms with E-state index in [9.17, 15) is 4.79 Å². The van der Waals surface area contributed by atoms with Crippen molar-refractivity contribution in [2.75, 3.05) is 5.32 Å². The normalized spacial score (nSPS) is 21.2. The largest absolute Gasteiger partial charge is 0.442 e. The molecule has 1 aliphatic rings. The molecule has 0 bridgehead atoms. The Morgan fingerprint density at radius 3 is 3.08 bits per heavy atom. The zero-order chi connectivity index (χ0) is 9.10. The van der Waals surface area contributed by atoms with E-state index in [1.54, 1.807) is 6.20 Å². The van der Waals surface area contributed by atoms with Gasteiger partial charge in [0.25, 0.3) is 0 Å². The van der Waals surface area contributed by atoms with E-state index >= 15 is 0 Å². The van der Waals surface area contributed by atoms with Crippen LogP contribution in [0.15, 0.2) is 24.4 Å². The molecular formula is C9H10N2O2. The maximum Gasteiger partial charge on any atom is 0.307 e. The van der Waals surface area contributed by atoms with Crippen molar-refractivity contribution >= 4 is 11.8 Å². The van der Waals surface area contributed by atoms with Gasteiger partial charge in [0.1, 0.15) is 5.82 Å². The van der Waals surface area contributed by atoms with Crippen LogP contribution in [0.4, 0.5) is 5.82 Å². The smallest absolute Gasteiger partial charge is 0.307 e. The van der Waals surface area contributed by atoms with Gasteiger partial charge in [0, 0.05) is 12.6 Å². The minimum absolute atomic E-state index is 0.145. The third-order valence-corrected chi connectivity index (χ3v) is 1.86. The second kappa shape index (κ2) is 3.43. The van der Waals surface area contributed by atoms with Gasteiger partial charge in [0.2, 0.25) is 0 Å². The van der Waals surface area contributed by atoms with Crippen LogP contribution in [0.1, 0.15) is 12.8 Å². The predicted octanol–water partition coefficient (Wildman–Crippen LogP) is 1.16. The van der Waals surface area contributed by atoms with E-state index in [2.05, 4.69) is 10.3 Å². The average molecular weight is 178 g/mol. The van der Waals surface area contributed by atoms with E-state index < -0.39 is 0 Å². The summed E-state index contributed by atoms with van der Waals surface area (Å²) >= 11 is 0. The van der Waals surface area contributed by atoms with Gasteiger partial charge in [0.05, 0.1) is 6.42 Å². The first-order chi connectivity index (χ1) is 6.34. The van der Waals surface area contributed by atoms with Crippen molar-refractivity contribution < 1.29 is 9.53 Å². The highest BCUT2D eigenvalue weighted by Crippen LogP contribution is 2.15. The van der Waals surface area contributed by atoms with Crippen molar-refractivity contribution in [2.45, 2.75) is 19.1 Å². The molecule has 0 radical (unpaired) electrons. The summed E-state index contributed by atoms with van der Waals surface area (Å²) in [6, 6.07) is 5.56. The second-order valence-electron chi connectivity index (χ2n) is 2.88. The van der Waals surface area contributed by atoms with Crippen molar-refractivity contribution in [2.24, 2.45) is 0 Å². The molecule has 68 valence electrons. The summed E-state index contributed by atoms with van der Waals surface area (Å²) in [7, 11) is 0. The van der Waals surface area contributed by atoms with E-state index in [4.69, 9.17) is 4.74 Å². The maximum absolute atomic E-state index is 10.8. The molecule has 1 aromatic rings. The number of aromatic nitrogens is 1. The van der Waals surface area contributed by atoms with Gasteiger partial charge in [0.15, 0.2) is 6.23 Å². The number of esters is 1. The molecule has 13 heavy (non-hydrogen) atoms. The van der Waals surface area contributed by atoms with Crippen molar-refractivity contribution in [1.29, 1.82) is 0 Å². The molecule has 2 rings (SSSR count). The molecule has 2 heterocycles. The van der Waals surface area contributed by atoms with Gasteiger partial charge in [-0.1, -0.05) is 6.07 Å². The number of hydrogen-bond donors (Lipinski definition) is 1. The van der Waals surface area contributed by atoms with Crippen LogP contribution in [0.3, 0.4) is 0 Å². The van der Waals surface area contributed by atoms with Gasteiger partial charge in [-0.05, 0) is 12.1 Å². The highest BCUT2D eigenvalue weighted by Gasteiger charge is 2.22. The van der Waals surface area contributed by atoms with Crippen LogP contribution in [0, 0.1) is 0 Å². The molecule has 1 saturated heterocycles. The van der Waals surface area contributed by atoms with Gasteiger partial charge in [-0.2, -0.15) is 0 Å². The summed E-state index contributed by atoms with van der Waals surface area (Å²) in [5, 5.41) is 3.02. The van der Waals surface area contributed by atoms with Gasteiger partial charge in [-0.3, -0.25) is 4.79 Å². The molecule has 1 atom stereocenters. The standard InChI is InChI=1S/C9H10N2O2/c12-9-5-4-8(13-9)11-7-3-1-2-6-10-7/h1-3,6,8H,4-5H2,(H,10,11). The maximum atomic E-state index is 10.8. The van der Waals surface area contributed by atoms with Crippen LogP contribution in [0.2, 0.25) is 0 Å². The summed E-state index contributed by atoms with van der Waals surface area (Å²) in [5.41, 5.74) is 0. The van der Waals surface area contributed by atoms with Crippen LogP contribution in [0.25, 0.3) is 0 Å². The molecule has 1 aliphatic heterocycles. The summed E-state index contributed by atoms with van der Waals surface area (Å²) < 4.78 is 4.98. The molecule has 1 unspecified atom stereocenters. The Morgan fingerprint density at radius 2 is 2.46 bits per heavy atom. The molecule has 0 aromatic carbocycles. The van der Waals surface area contributed by atoms with E-state index in [0.717, 1.165) is 12.2 Å². The number of rotatable bonds is 2. The molecule has 0 spiro atoms. The lowest BCUT2D eigenvalue weighted by atomic mass is 10.3. The van der Waals surface area contributed by atoms with Gasteiger partial charge >= 0.3 is 5.97 Å². The lowest BCUT2D eigenvalue weighted by Crippen LogP contribution is -2.18. The number of nitrogens with zero attached hydrogens (tertiary/aromatic N) is 1. The van der Waals surface area contributed by atoms with Crippen LogP contribution in [0.5, 0.6) is 0 Å². The Morgan fingerprint density at radius 1 is 1.54 bits per heavy atom. The molecule has 0 aliphatic carbocycles. The quantitative estimate of drug-likeness (QED) is 0.690. The molecule has 0 saturated carbocycles. The van der Waals surface area contributed by atoms with E-state index in [0.29, 0.717) is 6.42 Å². The summed E-state index contributed by atoms with van der Waals surface area (Å²) in [6.45, 7) is 0. The fraction of sp³-hybridized carbons (Fsp3) is 0.333. The molecule has 1 fully saturated rings. The Hall–Kier alpha value is -1.58. The lowest BCUT2D eigenvalue weighted by molar-refractivity contribution is -0.140. The number of carbonyl (C=O) groups excluding carboxylic acids is 1. The highest BCUT2D eigenvalue weighted by molar-refractivity contribution is 5.71. The number of nitrogens with one attached hydrogen (secondary N) is 1. The second-order valence-corrected chi connectivity index (χ2v) is 2.88. The number of hydrogen-bond acceptors (Lipinski definition) is 4. The zero-order valence-electron chi connectivity index (χ0n) is 7.06. The van der Waals surface area contributed by atoms with E-state index in [1.165, 1.54) is 0 Å². The van der Waals surface area contributed by atoms with Crippen molar-refractivity contribution in [1.82, 2.24) is 4.98 Å². The predicted molar refractivity (Wildman–Crippen MR) is 47.0 cm³/mol. The number of pyridine rings is 1. The number of ether oxygens (including phenoxy) is 1. The molecule has 0 amide bonds. The molecule has 1 N–H and O–H groups in total. The molecule has 1 aromatic heterocycles. The molecule has 4 heteroatoms. The number of carbonyl (C=O) groups is 1. The van der Waals surface area contributed by atoms with Crippen molar-refractivity contribution in [3.8, 4) is 0 Å². The lowest BCUT2D eigenvalue weighted by Gasteiger charge is -2.11. The fourth-order valence-electron chi connectivity index (χ4n) is 1.24. The Labute approximate surface area is 75.9 Å². The fourth-order valence-corrected chi connectivity index (χ4v) is 1.24. The first kappa shape index (κ1) is 8.04. The highest BCUT2D eigenvalue weighted by atomic mass is 16.6. The van der Waals surface area contributed by atoms with Gasteiger partial charge < -0.3 is 10.1 Å². The summed E-state index contributed by atoms with van der Waals surface area (Å²) in [5.74, 6) is 0.593. The minimum Gasteiger partial charge on any atom is -0.442 e. The Balaban J connectivity index is 1.96. The monoisotopic (exact) mass is 178 g/mol. The SMILES string of the molecule is O=C1CCC(Nc2ccccn2)O1. The van der Waals surface area contributed by atoms with Crippen molar-refractivity contribution in [3.05, 3.63) is 24.4 Å². The van der Waals surface area contributed by atoms with Crippen LogP contribution >= 0.6 is 0 Å². The van der Waals surface area contributed by atoms with Crippen LogP contribution in [-0.4, -0.2) is 17.2 Å². The summed E-state index contributed by atoms with van der Waals surface area (Å²) in [6.07, 6.45) is 2.70. The van der Waals surface area contributed by atoms with Crippen LogP contribution < -0.4 is 5.32 Å². The minimum atomic E-state index is -0.206. The average Bonchev–Trinajstić information content (AvgIpc) is 2.53. The van der Waals surface area contributed by atoms with Gasteiger partial charge in [-0.25, -0.2) is 4.98 Å². The van der Waals surface area contributed by atoms with Crippen LogP contribution in [-0.2, 0) is 9.53 Å². The third-order valence-electron chi connectivity index (χ3n) is 1.86. The van der Waals surface area contributed by atoms with Crippen molar-refractivity contribution in [3.63, 3.8) is 0 Å². The Bertz CT molecular complexity index is 300. The molecule has 4 nitrogen and oxygen atoms in total. The molecular weight excluding hydrogens is 168 g/mol. The zero-order valence-corrected chi connectivity index (χ0v) is 7.06. The third kappa shape index (κ3) is 1.96.